The molecule has 2 heteroatoms. The highest BCUT2D eigenvalue weighted by Gasteiger charge is 2.24. The summed E-state index contributed by atoms with van der Waals surface area (Å²) >= 11 is 0. The van der Waals surface area contributed by atoms with Gasteiger partial charge in [0.2, 0.25) is 0 Å². The quantitative estimate of drug-likeness (QED) is 0.741. The van der Waals surface area contributed by atoms with Crippen molar-refractivity contribution in [1.82, 2.24) is 5.32 Å². The van der Waals surface area contributed by atoms with Gasteiger partial charge < -0.3 is 10.1 Å². The van der Waals surface area contributed by atoms with Crippen LogP contribution in [0.1, 0.15) is 76.0 Å². The molecule has 0 saturated heterocycles. The van der Waals surface area contributed by atoms with Gasteiger partial charge in [0, 0.05) is 13.2 Å². The first-order chi connectivity index (χ1) is 10.1. The molecule has 0 radical (unpaired) electrons. The van der Waals surface area contributed by atoms with Crippen LogP contribution in [0.4, 0.5) is 0 Å². The maximum atomic E-state index is 5.62. The molecule has 0 aromatic heterocycles. The molecule has 0 heterocycles. The molecule has 1 unspecified atom stereocenters. The van der Waals surface area contributed by atoms with Crippen molar-refractivity contribution in [1.29, 1.82) is 0 Å². The van der Waals surface area contributed by atoms with Gasteiger partial charge in [0.1, 0.15) is 0 Å². The molecule has 1 saturated carbocycles. The van der Waals surface area contributed by atoms with E-state index in [0.29, 0.717) is 6.04 Å². The van der Waals surface area contributed by atoms with Crippen LogP contribution in [0.25, 0.3) is 0 Å². The first kappa shape index (κ1) is 16.5. The van der Waals surface area contributed by atoms with Crippen molar-refractivity contribution in [3.63, 3.8) is 0 Å². The third-order valence-corrected chi connectivity index (χ3v) is 4.80. The Morgan fingerprint density at radius 3 is 2.38 bits per heavy atom. The van der Waals surface area contributed by atoms with Crippen LogP contribution in [0, 0.1) is 0 Å². The standard InChI is InChI=1S/C19H31NO/c1-5-13-20-18(14-19(2,3)21-4)17-11-9-16(10-12-17)15-7-6-8-15/h9-12,15,18,20H,5-8,13-14H2,1-4H3. The Hall–Kier alpha value is -0.860. The summed E-state index contributed by atoms with van der Waals surface area (Å²) in [5.41, 5.74) is 2.81. The zero-order valence-electron chi connectivity index (χ0n) is 14.1. The van der Waals surface area contributed by atoms with E-state index < -0.39 is 0 Å². The minimum absolute atomic E-state index is 0.0992. The second kappa shape index (κ2) is 7.42. The third-order valence-electron chi connectivity index (χ3n) is 4.80. The van der Waals surface area contributed by atoms with Crippen LogP contribution < -0.4 is 5.32 Å². The highest BCUT2D eigenvalue weighted by atomic mass is 16.5. The molecule has 2 nitrogen and oxygen atoms in total. The minimum atomic E-state index is -0.0992. The summed E-state index contributed by atoms with van der Waals surface area (Å²) in [5.74, 6) is 0.816. The van der Waals surface area contributed by atoms with Gasteiger partial charge >= 0.3 is 0 Å². The Labute approximate surface area is 130 Å². The van der Waals surface area contributed by atoms with Gasteiger partial charge in [-0.1, -0.05) is 37.6 Å². The first-order valence-corrected chi connectivity index (χ1v) is 8.44. The van der Waals surface area contributed by atoms with E-state index in [2.05, 4.69) is 50.4 Å². The molecule has 1 aliphatic carbocycles. The molecular weight excluding hydrogens is 258 g/mol. The van der Waals surface area contributed by atoms with Crippen LogP contribution in [0.2, 0.25) is 0 Å². The lowest BCUT2D eigenvalue weighted by atomic mass is 9.79. The van der Waals surface area contributed by atoms with Gasteiger partial charge in [0.25, 0.3) is 0 Å². The maximum absolute atomic E-state index is 5.62. The lowest BCUT2D eigenvalue weighted by Gasteiger charge is -2.30. The smallest absolute Gasteiger partial charge is 0.0640 e. The zero-order valence-corrected chi connectivity index (χ0v) is 14.1. The number of ether oxygens (including phenoxy) is 1. The summed E-state index contributed by atoms with van der Waals surface area (Å²) in [5, 5.41) is 3.67. The van der Waals surface area contributed by atoms with Crippen molar-refractivity contribution < 1.29 is 4.74 Å². The van der Waals surface area contributed by atoms with Crippen molar-refractivity contribution in [3.05, 3.63) is 35.4 Å². The Morgan fingerprint density at radius 1 is 1.24 bits per heavy atom. The largest absolute Gasteiger partial charge is 0.379 e. The average molecular weight is 289 g/mol. The summed E-state index contributed by atoms with van der Waals surface area (Å²) < 4.78 is 5.62. The van der Waals surface area contributed by atoms with Crippen LogP contribution in [0.15, 0.2) is 24.3 Å². The molecule has 1 N–H and O–H groups in total. The second-order valence-electron chi connectivity index (χ2n) is 6.97. The van der Waals surface area contributed by atoms with E-state index in [9.17, 15) is 0 Å². The predicted octanol–water partition coefficient (Wildman–Crippen LogP) is 4.81. The van der Waals surface area contributed by atoms with E-state index in [4.69, 9.17) is 4.74 Å². The molecule has 1 aliphatic rings. The molecule has 118 valence electrons. The Morgan fingerprint density at radius 2 is 1.90 bits per heavy atom. The normalized spacial score (nSPS) is 17.5. The van der Waals surface area contributed by atoms with E-state index in [1.807, 2.05) is 0 Å². The Balaban J connectivity index is 2.07. The number of rotatable bonds is 8. The van der Waals surface area contributed by atoms with Crippen LogP contribution >= 0.6 is 0 Å². The zero-order chi connectivity index (χ0) is 15.3. The molecule has 1 atom stereocenters. The van der Waals surface area contributed by atoms with Crippen molar-refractivity contribution >= 4 is 0 Å². The Kier molecular flexibility index (Phi) is 5.83. The van der Waals surface area contributed by atoms with E-state index in [1.165, 1.54) is 30.4 Å². The van der Waals surface area contributed by atoms with E-state index >= 15 is 0 Å². The molecule has 1 aromatic rings. The van der Waals surface area contributed by atoms with E-state index in [0.717, 1.165) is 25.3 Å². The Bertz CT molecular complexity index is 420. The topological polar surface area (TPSA) is 21.3 Å². The molecule has 0 bridgehead atoms. The summed E-state index contributed by atoms with van der Waals surface area (Å²) in [7, 11) is 1.80. The fourth-order valence-electron chi connectivity index (χ4n) is 2.94. The van der Waals surface area contributed by atoms with E-state index in [-0.39, 0.29) is 5.60 Å². The van der Waals surface area contributed by atoms with Gasteiger partial charge in [-0.2, -0.15) is 0 Å². The van der Waals surface area contributed by atoms with E-state index in [1.54, 1.807) is 7.11 Å². The predicted molar refractivity (Wildman–Crippen MR) is 89.8 cm³/mol. The van der Waals surface area contributed by atoms with Gasteiger partial charge in [0.05, 0.1) is 5.60 Å². The van der Waals surface area contributed by atoms with Crippen molar-refractivity contribution in [2.24, 2.45) is 0 Å². The molecule has 0 spiro atoms. The van der Waals surface area contributed by atoms with Crippen LogP contribution in [-0.2, 0) is 4.74 Å². The molecule has 21 heavy (non-hydrogen) atoms. The lowest BCUT2D eigenvalue weighted by Crippen LogP contribution is -2.32. The number of benzene rings is 1. The number of methoxy groups -OCH3 is 1. The molecule has 1 fully saturated rings. The SMILES string of the molecule is CCCNC(CC(C)(C)OC)c1ccc(C2CCC2)cc1. The summed E-state index contributed by atoms with van der Waals surface area (Å²) in [6, 6.07) is 9.66. The third kappa shape index (κ3) is 4.55. The van der Waals surface area contributed by atoms with Gasteiger partial charge in [-0.05, 0) is 63.1 Å². The average Bonchev–Trinajstić information content (AvgIpc) is 2.42. The number of nitrogens with one attached hydrogen (secondary N) is 1. The number of hydrogen-bond donors (Lipinski definition) is 1. The van der Waals surface area contributed by atoms with Crippen molar-refractivity contribution in [3.8, 4) is 0 Å². The summed E-state index contributed by atoms with van der Waals surface area (Å²) in [4.78, 5) is 0. The molecular formula is C19H31NO. The summed E-state index contributed by atoms with van der Waals surface area (Å²) in [6.07, 6.45) is 6.28. The highest BCUT2D eigenvalue weighted by Crippen LogP contribution is 2.37. The van der Waals surface area contributed by atoms with Gasteiger partial charge in [0.15, 0.2) is 0 Å². The fraction of sp³-hybridized carbons (Fsp3) is 0.684. The molecule has 1 aromatic carbocycles. The van der Waals surface area contributed by atoms with Crippen LogP contribution in [0.3, 0.4) is 0 Å². The van der Waals surface area contributed by atoms with Gasteiger partial charge in [-0.15, -0.1) is 0 Å². The molecule has 2 rings (SSSR count). The van der Waals surface area contributed by atoms with Crippen molar-refractivity contribution in [2.45, 2.75) is 70.4 Å². The second-order valence-corrected chi connectivity index (χ2v) is 6.97. The highest BCUT2D eigenvalue weighted by molar-refractivity contribution is 5.28. The monoisotopic (exact) mass is 289 g/mol. The van der Waals surface area contributed by atoms with Crippen molar-refractivity contribution in [2.75, 3.05) is 13.7 Å². The first-order valence-electron chi connectivity index (χ1n) is 8.44. The number of hydrogen-bond acceptors (Lipinski definition) is 2. The fourth-order valence-corrected chi connectivity index (χ4v) is 2.94. The molecule has 0 amide bonds. The lowest BCUT2D eigenvalue weighted by molar-refractivity contribution is 0.00685. The van der Waals surface area contributed by atoms with Crippen LogP contribution in [-0.4, -0.2) is 19.3 Å². The molecule has 0 aliphatic heterocycles. The minimum Gasteiger partial charge on any atom is -0.379 e. The maximum Gasteiger partial charge on any atom is 0.0640 e. The van der Waals surface area contributed by atoms with Crippen LogP contribution in [0.5, 0.6) is 0 Å². The summed E-state index contributed by atoms with van der Waals surface area (Å²) in [6.45, 7) is 7.59. The van der Waals surface area contributed by atoms with Gasteiger partial charge in [-0.25, -0.2) is 0 Å². The van der Waals surface area contributed by atoms with Gasteiger partial charge in [-0.3, -0.25) is 0 Å².